The Labute approximate surface area is 117 Å². The van der Waals surface area contributed by atoms with E-state index in [4.69, 9.17) is 0 Å². The van der Waals surface area contributed by atoms with Gasteiger partial charge in [-0.1, -0.05) is 18.2 Å². The maximum Gasteiger partial charge on any atom is 0.222 e. The number of para-hydroxylation sites is 1. The molecule has 2 aliphatic heterocycles. The van der Waals surface area contributed by atoms with Gasteiger partial charge in [0.05, 0.1) is 5.52 Å². The molecule has 1 aromatic heterocycles. The topological polar surface area (TPSA) is 45.2 Å². The number of nitrogens with one attached hydrogen (secondary N) is 1. The molecule has 0 unspecified atom stereocenters. The lowest BCUT2D eigenvalue weighted by molar-refractivity contribution is -0.121. The molecule has 1 amide bonds. The lowest BCUT2D eigenvalue weighted by Gasteiger charge is -2.30. The van der Waals surface area contributed by atoms with Gasteiger partial charge in [0.25, 0.3) is 0 Å². The summed E-state index contributed by atoms with van der Waals surface area (Å²) in [4.78, 5) is 18.6. The quantitative estimate of drug-likeness (QED) is 0.860. The molecule has 20 heavy (non-hydrogen) atoms. The minimum absolute atomic E-state index is 0.181. The number of rotatable bonds is 1. The third-order valence-corrected chi connectivity index (χ3v) is 4.48. The van der Waals surface area contributed by atoms with Crippen molar-refractivity contribution in [2.75, 3.05) is 11.4 Å². The molecule has 2 atom stereocenters. The lowest BCUT2D eigenvalue weighted by atomic mass is 10.1. The van der Waals surface area contributed by atoms with E-state index in [2.05, 4.69) is 33.4 Å². The van der Waals surface area contributed by atoms with Crippen molar-refractivity contribution >= 4 is 22.5 Å². The molecule has 2 bridgehead atoms. The van der Waals surface area contributed by atoms with E-state index in [1.165, 1.54) is 11.1 Å². The van der Waals surface area contributed by atoms with Crippen LogP contribution in [0.1, 0.15) is 19.3 Å². The number of anilines is 1. The van der Waals surface area contributed by atoms with Gasteiger partial charge < -0.3 is 10.2 Å². The van der Waals surface area contributed by atoms with E-state index in [0.717, 1.165) is 24.9 Å². The Morgan fingerprint density at radius 1 is 1.15 bits per heavy atom. The summed E-state index contributed by atoms with van der Waals surface area (Å²) in [7, 11) is 0. The zero-order valence-electron chi connectivity index (χ0n) is 11.2. The van der Waals surface area contributed by atoms with E-state index >= 15 is 0 Å². The van der Waals surface area contributed by atoms with Crippen LogP contribution in [0.3, 0.4) is 0 Å². The molecular formula is C16H17N3O. The van der Waals surface area contributed by atoms with Gasteiger partial charge in [0, 0.05) is 42.3 Å². The van der Waals surface area contributed by atoms with Crippen molar-refractivity contribution in [1.82, 2.24) is 10.3 Å². The first-order chi connectivity index (χ1) is 9.83. The number of carbonyl (C=O) groups is 1. The number of hydrogen-bond acceptors (Lipinski definition) is 3. The second-order valence-corrected chi connectivity index (χ2v) is 5.65. The van der Waals surface area contributed by atoms with Crippen LogP contribution in [0, 0.1) is 0 Å². The molecule has 4 nitrogen and oxygen atoms in total. The summed E-state index contributed by atoms with van der Waals surface area (Å²) in [6, 6.07) is 11.1. The largest absolute Gasteiger partial charge is 0.363 e. The Hall–Kier alpha value is -2.10. The smallest absolute Gasteiger partial charge is 0.222 e. The molecule has 0 spiro atoms. The SMILES string of the molecule is O=C1C[C@H]2CC[C@@H](CN1)N2c1ccnc2ccccc12. The van der Waals surface area contributed by atoms with Crippen molar-refractivity contribution in [3.05, 3.63) is 36.5 Å². The molecule has 4 heteroatoms. The first-order valence-corrected chi connectivity index (χ1v) is 7.22. The highest BCUT2D eigenvalue weighted by molar-refractivity contribution is 5.92. The summed E-state index contributed by atoms with van der Waals surface area (Å²) in [5.74, 6) is 0.181. The summed E-state index contributed by atoms with van der Waals surface area (Å²) in [5, 5.41) is 4.21. The molecule has 2 aromatic rings. The van der Waals surface area contributed by atoms with Gasteiger partial charge in [-0.15, -0.1) is 0 Å². The average molecular weight is 267 g/mol. The van der Waals surface area contributed by atoms with Crippen LogP contribution >= 0.6 is 0 Å². The van der Waals surface area contributed by atoms with Crippen LogP contribution < -0.4 is 10.2 Å². The average Bonchev–Trinajstić information content (AvgIpc) is 2.78. The first kappa shape index (κ1) is 11.7. The van der Waals surface area contributed by atoms with Gasteiger partial charge in [0.15, 0.2) is 0 Å². The monoisotopic (exact) mass is 267 g/mol. The number of nitrogens with zero attached hydrogens (tertiary/aromatic N) is 2. The molecule has 1 N–H and O–H groups in total. The van der Waals surface area contributed by atoms with E-state index in [1.54, 1.807) is 0 Å². The fraction of sp³-hybridized carbons (Fsp3) is 0.375. The summed E-state index contributed by atoms with van der Waals surface area (Å²) >= 11 is 0. The normalized spacial score (nSPS) is 25.6. The van der Waals surface area contributed by atoms with Crippen LogP contribution in [0.5, 0.6) is 0 Å². The van der Waals surface area contributed by atoms with Crippen molar-refractivity contribution in [2.45, 2.75) is 31.3 Å². The maximum absolute atomic E-state index is 11.8. The van der Waals surface area contributed by atoms with Crippen LogP contribution in [-0.2, 0) is 4.79 Å². The van der Waals surface area contributed by atoms with Gasteiger partial charge in [-0.3, -0.25) is 9.78 Å². The summed E-state index contributed by atoms with van der Waals surface area (Å²) in [6.45, 7) is 0.756. The van der Waals surface area contributed by atoms with E-state index in [0.29, 0.717) is 18.5 Å². The highest BCUT2D eigenvalue weighted by Gasteiger charge is 2.37. The van der Waals surface area contributed by atoms with Gasteiger partial charge in [-0.25, -0.2) is 0 Å². The number of carbonyl (C=O) groups excluding carboxylic acids is 1. The highest BCUT2D eigenvalue weighted by atomic mass is 16.1. The number of aromatic nitrogens is 1. The van der Waals surface area contributed by atoms with Crippen LogP contribution in [-0.4, -0.2) is 29.5 Å². The zero-order chi connectivity index (χ0) is 13.5. The van der Waals surface area contributed by atoms with Crippen molar-refractivity contribution in [3.63, 3.8) is 0 Å². The molecule has 102 valence electrons. The molecule has 0 saturated carbocycles. The van der Waals surface area contributed by atoms with Crippen molar-refractivity contribution < 1.29 is 4.79 Å². The van der Waals surface area contributed by atoms with E-state index < -0.39 is 0 Å². The molecule has 0 aliphatic carbocycles. The molecular weight excluding hydrogens is 250 g/mol. The molecule has 0 radical (unpaired) electrons. The van der Waals surface area contributed by atoms with Gasteiger partial charge >= 0.3 is 0 Å². The number of amides is 1. The number of benzene rings is 1. The molecule has 2 aliphatic rings. The van der Waals surface area contributed by atoms with Gasteiger partial charge in [-0.05, 0) is 25.0 Å². The van der Waals surface area contributed by atoms with Gasteiger partial charge in [0.2, 0.25) is 5.91 Å². The number of fused-ring (bicyclic) bond motifs is 3. The summed E-state index contributed by atoms with van der Waals surface area (Å²) in [6.07, 6.45) is 4.74. The second-order valence-electron chi connectivity index (χ2n) is 5.65. The fourth-order valence-corrected chi connectivity index (χ4v) is 3.58. The zero-order valence-corrected chi connectivity index (χ0v) is 11.2. The summed E-state index contributed by atoms with van der Waals surface area (Å²) < 4.78 is 0. The molecule has 4 rings (SSSR count). The number of pyridine rings is 1. The first-order valence-electron chi connectivity index (χ1n) is 7.22. The Balaban J connectivity index is 1.84. The molecule has 2 saturated heterocycles. The van der Waals surface area contributed by atoms with Crippen LogP contribution in [0.15, 0.2) is 36.5 Å². The van der Waals surface area contributed by atoms with Crippen molar-refractivity contribution in [1.29, 1.82) is 0 Å². The second kappa shape index (κ2) is 4.47. The van der Waals surface area contributed by atoms with Gasteiger partial charge in [0.1, 0.15) is 0 Å². The van der Waals surface area contributed by atoms with Gasteiger partial charge in [-0.2, -0.15) is 0 Å². The van der Waals surface area contributed by atoms with Crippen molar-refractivity contribution in [3.8, 4) is 0 Å². The third kappa shape index (κ3) is 1.75. The lowest BCUT2D eigenvalue weighted by Crippen LogP contribution is -2.38. The number of hydrogen-bond donors (Lipinski definition) is 1. The Morgan fingerprint density at radius 3 is 2.95 bits per heavy atom. The van der Waals surface area contributed by atoms with Crippen LogP contribution in [0.2, 0.25) is 0 Å². The molecule has 1 aromatic carbocycles. The molecule has 2 fully saturated rings. The van der Waals surface area contributed by atoms with Crippen LogP contribution in [0.25, 0.3) is 10.9 Å². The highest BCUT2D eigenvalue weighted by Crippen LogP contribution is 2.36. The fourth-order valence-electron chi connectivity index (χ4n) is 3.58. The molecule has 3 heterocycles. The summed E-state index contributed by atoms with van der Waals surface area (Å²) in [5.41, 5.74) is 2.24. The van der Waals surface area contributed by atoms with Crippen molar-refractivity contribution in [2.24, 2.45) is 0 Å². The van der Waals surface area contributed by atoms with E-state index in [1.807, 2.05) is 18.3 Å². The minimum atomic E-state index is 0.181. The minimum Gasteiger partial charge on any atom is -0.363 e. The van der Waals surface area contributed by atoms with E-state index in [9.17, 15) is 4.79 Å². The predicted molar refractivity (Wildman–Crippen MR) is 78.7 cm³/mol. The Morgan fingerprint density at radius 2 is 2.00 bits per heavy atom. The Bertz CT molecular complexity index is 664. The Kier molecular flexibility index (Phi) is 2.62. The third-order valence-electron chi connectivity index (χ3n) is 4.48. The maximum atomic E-state index is 11.8. The van der Waals surface area contributed by atoms with Crippen LogP contribution in [0.4, 0.5) is 5.69 Å². The van der Waals surface area contributed by atoms with E-state index in [-0.39, 0.29) is 5.91 Å². The predicted octanol–water partition coefficient (Wildman–Crippen LogP) is 2.09. The standard InChI is InChI=1S/C16H17N3O/c20-16-9-11-5-6-12(10-18-16)19(11)15-7-8-17-14-4-2-1-3-13(14)15/h1-4,7-8,11-12H,5-6,9-10H2,(H,18,20)/t11-,12+/m1/s1.